The van der Waals surface area contributed by atoms with Gasteiger partial charge in [0.2, 0.25) is 5.91 Å². The Bertz CT molecular complexity index is 872. The van der Waals surface area contributed by atoms with Gasteiger partial charge in [0.1, 0.15) is 11.4 Å². The van der Waals surface area contributed by atoms with Crippen molar-refractivity contribution < 1.29 is 9.53 Å². The molecule has 1 heterocycles. The topological polar surface area (TPSA) is 52.3 Å². The van der Waals surface area contributed by atoms with Gasteiger partial charge < -0.3 is 10.5 Å². The molecule has 1 aliphatic heterocycles. The van der Waals surface area contributed by atoms with Crippen LogP contribution in [0.1, 0.15) is 88.5 Å². The Morgan fingerprint density at radius 3 is 2.11 bits per heavy atom. The number of rotatable bonds is 4. The first-order valence-electron chi connectivity index (χ1n) is 10.1. The molecule has 2 unspecified atom stereocenters. The van der Waals surface area contributed by atoms with Crippen molar-refractivity contribution in [1.29, 1.82) is 0 Å². The maximum Gasteiger partial charge on any atom is 0.225 e. The Kier molecular flexibility index (Phi) is 5.07. The van der Waals surface area contributed by atoms with E-state index in [-0.39, 0.29) is 28.8 Å². The molecule has 0 saturated carbocycles. The van der Waals surface area contributed by atoms with Crippen LogP contribution >= 0.6 is 0 Å². The second-order valence-corrected chi connectivity index (χ2v) is 9.96. The maximum absolute atomic E-state index is 12.2. The molecule has 0 fully saturated rings. The standard InChI is InChI=1S/C25H33NO2/c1-15(2)16-8-10-17(11-9-16)21-19-14-18(22(23(26)27)24(3,4)5)12-13-20(19)28-25(21,6)7/h8-15,21-22H,1-7H3,(H2,26,27). The van der Waals surface area contributed by atoms with Gasteiger partial charge in [0.05, 0.1) is 11.8 Å². The number of fused-ring (bicyclic) bond motifs is 1. The lowest BCUT2D eigenvalue weighted by atomic mass is 9.74. The molecule has 28 heavy (non-hydrogen) atoms. The van der Waals surface area contributed by atoms with Crippen molar-refractivity contribution in [1.82, 2.24) is 0 Å². The zero-order valence-electron chi connectivity index (χ0n) is 18.2. The predicted molar refractivity (Wildman–Crippen MR) is 115 cm³/mol. The molecule has 2 atom stereocenters. The van der Waals surface area contributed by atoms with Gasteiger partial charge in [0.25, 0.3) is 0 Å². The summed E-state index contributed by atoms with van der Waals surface area (Å²) in [5.74, 6) is 0.874. The van der Waals surface area contributed by atoms with Gasteiger partial charge in [-0.1, -0.05) is 71.0 Å². The van der Waals surface area contributed by atoms with E-state index in [2.05, 4.69) is 78.8 Å². The first-order chi connectivity index (χ1) is 12.9. The highest BCUT2D eigenvalue weighted by molar-refractivity contribution is 5.83. The Morgan fingerprint density at radius 2 is 1.61 bits per heavy atom. The number of carbonyl (C=O) groups excluding carboxylic acids is 1. The van der Waals surface area contributed by atoms with Crippen LogP contribution in [-0.2, 0) is 4.79 Å². The van der Waals surface area contributed by atoms with Gasteiger partial charge in [0, 0.05) is 5.56 Å². The zero-order chi connectivity index (χ0) is 20.9. The largest absolute Gasteiger partial charge is 0.487 e. The summed E-state index contributed by atoms with van der Waals surface area (Å²) in [5.41, 5.74) is 9.83. The van der Waals surface area contributed by atoms with Crippen molar-refractivity contribution in [3.8, 4) is 5.75 Å². The maximum atomic E-state index is 12.2. The van der Waals surface area contributed by atoms with Gasteiger partial charge in [-0.05, 0) is 47.9 Å². The fraction of sp³-hybridized carbons (Fsp3) is 0.480. The molecule has 0 aromatic heterocycles. The number of ether oxygens (including phenoxy) is 1. The van der Waals surface area contributed by atoms with Crippen LogP contribution < -0.4 is 10.5 Å². The minimum Gasteiger partial charge on any atom is -0.487 e. The van der Waals surface area contributed by atoms with Crippen LogP contribution in [-0.4, -0.2) is 11.5 Å². The average molecular weight is 380 g/mol. The highest BCUT2D eigenvalue weighted by Crippen LogP contribution is 2.49. The summed E-state index contributed by atoms with van der Waals surface area (Å²) in [6, 6.07) is 14.9. The molecule has 2 N–H and O–H groups in total. The lowest BCUT2D eigenvalue weighted by Crippen LogP contribution is -2.32. The summed E-state index contributed by atoms with van der Waals surface area (Å²) in [5, 5.41) is 0. The predicted octanol–water partition coefficient (Wildman–Crippen LogP) is 5.73. The van der Waals surface area contributed by atoms with E-state index < -0.39 is 0 Å². The molecule has 2 aromatic rings. The molecule has 0 aliphatic carbocycles. The fourth-order valence-corrected chi connectivity index (χ4v) is 4.53. The van der Waals surface area contributed by atoms with Crippen molar-refractivity contribution in [3.63, 3.8) is 0 Å². The van der Waals surface area contributed by atoms with E-state index in [4.69, 9.17) is 10.5 Å². The highest BCUT2D eigenvalue weighted by atomic mass is 16.5. The number of carbonyl (C=O) groups is 1. The van der Waals surface area contributed by atoms with Crippen LogP contribution in [0.5, 0.6) is 5.75 Å². The number of amides is 1. The van der Waals surface area contributed by atoms with Crippen LogP contribution in [0, 0.1) is 5.41 Å². The van der Waals surface area contributed by atoms with E-state index in [1.54, 1.807) is 0 Å². The lowest BCUT2D eigenvalue weighted by molar-refractivity contribution is -0.121. The van der Waals surface area contributed by atoms with Crippen molar-refractivity contribution in [2.45, 2.75) is 71.8 Å². The van der Waals surface area contributed by atoms with Crippen LogP contribution in [0.2, 0.25) is 0 Å². The second kappa shape index (κ2) is 6.95. The van der Waals surface area contributed by atoms with Gasteiger partial charge in [-0.2, -0.15) is 0 Å². The highest BCUT2D eigenvalue weighted by Gasteiger charge is 2.43. The molecular weight excluding hydrogens is 346 g/mol. The molecule has 3 heteroatoms. The third-order valence-corrected chi connectivity index (χ3v) is 5.83. The van der Waals surface area contributed by atoms with Crippen LogP contribution in [0.4, 0.5) is 0 Å². The molecule has 0 spiro atoms. The number of hydrogen-bond donors (Lipinski definition) is 1. The zero-order valence-corrected chi connectivity index (χ0v) is 18.2. The average Bonchev–Trinajstić information content (AvgIpc) is 2.82. The van der Waals surface area contributed by atoms with Crippen LogP contribution in [0.3, 0.4) is 0 Å². The van der Waals surface area contributed by atoms with Gasteiger partial charge in [0.15, 0.2) is 0 Å². The molecular formula is C25H33NO2. The molecule has 3 rings (SSSR count). The Balaban J connectivity index is 2.09. The number of primary amides is 1. The van der Waals surface area contributed by atoms with Crippen molar-refractivity contribution in [2.75, 3.05) is 0 Å². The summed E-state index contributed by atoms with van der Waals surface area (Å²) in [4.78, 5) is 12.2. The van der Waals surface area contributed by atoms with Crippen molar-refractivity contribution >= 4 is 5.91 Å². The number of benzene rings is 2. The van der Waals surface area contributed by atoms with Crippen molar-refractivity contribution in [3.05, 3.63) is 64.7 Å². The smallest absolute Gasteiger partial charge is 0.225 e. The lowest BCUT2D eigenvalue weighted by Gasteiger charge is -2.29. The molecule has 1 aliphatic rings. The normalized spacial score (nSPS) is 19.2. The second-order valence-electron chi connectivity index (χ2n) is 9.96. The van der Waals surface area contributed by atoms with Gasteiger partial charge in [-0.3, -0.25) is 4.79 Å². The van der Waals surface area contributed by atoms with E-state index in [1.807, 2.05) is 12.1 Å². The van der Waals surface area contributed by atoms with E-state index >= 15 is 0 Å². The van der Waals surface area contributed by atoms with E-state index in [1.165, 1.54) is 11.1 Å². The minimum absolute atomic E-state index is 0.108. The van der Waals surface area contributed by atoms with E-state index in [0.29, 0.717) is 5.92 Å². The van der Waals surface area contributed by atoms with Crippen LogP contribution in [0.25, 0.3) is 0 Å². The van der Waals surface area contributed by atoms with Crippen LogP contribution in [0.15, 0.2) is 42.5 Å². The number of hydrogen-bond acceptors (Lipinski definition) is 2. The van der Waals surface area contributed by atoms with Gasteiger partial charge >= 0.3 is 0 Å². The molecule has 150 valence electrons. The molecule has 0 bridgehead atoms. The fourth-order valence-electron chi connectivity index (χ4n) is 4.53. The summed E-state index contributed by atoms with van der Waals surface area (Å²) >= 11 is 0. The quantitative estimate of drug-likeness (QED) is 0.738. The first kappa shape index (κ1) is 20.4. The summed E-state index contributed by atoms with van der Waals surface area (Å²) < 4.78 is 6.30. The number of nitrogens with two attached hydrogens (primary N) is 1. The summed E-state index contributed by atoms with van der Waals surface area (Å²) in [6.45, 7) is 14.8. The molecule has 2 aromatic carbocycles. The molecule has 3 nitrogen and oxygen atoms in total. The SMILES string of the molecule is CC(C)c1ccc(C2c3cc(C(C(N)=O)C(C)(C)C)ccc3OC2(C)C)cc1. The third-order valence-electron chi connectivity index (χ3n) is 5.83. The molecule has 0 radical (unpaired) electrons. The monoisotopic (exact) mass is 379 g/mol. The van der Waals surface area contributed by atoms with Gasteiger partial charge in [-0.25, -0.2) is 0 Å². The Hall–Kier alpha value is -2.29. The molecule has 1 amide bonds. The van der Waals surface area contributed by atoms with Gasteiger partial charge in [-0.15, -0.1) is 0 Å². The Labute approximate surface area is 169 Å². The first-order valence-corrected chi connectivity index (χ1v) is 10.1. The van der Waals surface area contributed by atoms with E-state index in [0.717, 1.165) is 16.9 Å². The third kappa shape index (κ3) is 3.67. The summed E-state index contributed by atoms with van der Waals surface area (Å²) in [6.07, 6.45) is 0. The summed E-state index contributed by atoms with van der Waals surface area (Å²) in [7, 11) is 0. The van der Waals surface area contributed by atoms with Crippen molar-refractivity contribution in [2.24, 2.45) is 11.1 Å². The minimum atomic E-state index is -0.357. The Morgan fingerprint density at radius 1 is 1.04 bits per heavy atom. The van der Waals surface area contributed by atoms with E-state index in [9.17, 15) is 4.79 Å². The molecule has 0 saturated heterocycles.